The summed E-state index contributed by atoms with van der Waals surface area (Å²) in [4.78, 5) is 52.7. The first-order valence-electron chi connectivity index (χ1n) is 21.0. The Hall–Kier alpha value is -7.43. The maximum atomic E-state index is 13.2. The zero-order valence-corrected chi connectivity index (χ0v) is 37.6. The number of aliphatic hydroxyl groups is 1. The monoisotopic (exact) mass is 958 g/mol. The number of carbonyl (C=O) groups excluding carboxylic acids is 3. The van der Waals surface area contributed by atoms with E-state index in [1.54, 1.807) is 60.7 Å². The van der Waals surface area contributed by atoms with Crippen molar-refractivity contribution in [2.24, 2.45) is 0 Å². The minimum atomic E-state index is -4.19. The summed E-state index contributed by atoms with van der Waals surface area (Å²) in [6.45, 7) is 0.894. The summed E-state index contributed by atoms with van der Waals surface area (Å²) >= 11 is 0. The predicted octanol–water partition coefficient (Wildman–Crippen LogP) is 5.10. The molecule has 0 aliphatic carbocycles. The van der Waals surface area contributed by atoms with E-state index in [1.165, 1.54) is 36.4 Å². The Kier molecular flexibility index (Phi) is 18.3. The summed E-state index contributed by atoms with van der Waals surface area (Å²) in [6, 6.07) is 37.0. The zero-order valence-electron chi connectivity index (χ0n) is 36.0. The molecule has 0 saturated carbocycles. The van der Waals surface area contributed by atoms with Gasteiger partial charge in [0.05, 0.1) is 34.7 Å². The van der Waals surface area contributed by atoms with Crippen molar-refractivity contribution in [3.63, 3.8) is 0 Å². The molecule has 3 aliphatic rings. The molecule has 5 aromatic rings. The fourth-order valence-corrected chi connectivity index (χ4v) is 9.79. The molecule has 3 fully saturated rings. The molecule has 0 aromatic heterocycles. The topological polar surface area (TPSA) is 289 Å². The van der Waals surface area contributed by atoms with Gasteiger partial charge in [0.2, 0.25) is 17.7 Å². The van der Waals surface area contributed by atoms with Crippen LogP contribution < -0.4 is 30.3 Å². The standard InChI is InChI=1S/C17H17N3O5S.C12H10N2O4S.C11H14N2O.C5H9NO2/c21-17-11-10-13(18-17)12-19(14-6-2-1-3-7-14)26(24,25)16-9-5-4-8-15(16)20(22)23;15-14(16)11-8-4-5-9-12(11)19(17,18)13-10-6-2-1-3-7-10;14-11-7-6-10(13-11)8-12-9-4-2-1-3-5-9;7-3-4-1-2-5(8)6-4/h1-9,13H,10-12H2,(H,18,21);1-9,13H;1-5,10,12H,6-8H2,(H,13,14);4,7H,1-3H2,(H,6,8)/t13-;;10-;4-/m0.00/s1. The number of para-hydroxylation sites is 5. The van der Waals surface area contributed by atoms with Gasteiger partial charge in [0.1, 0.15) is 0 Å². The molecule has 0 radical (unpaired) electrons. The summed E-state index contributed by atoms with van der Waals surface area (Å²) < 4.78 is 54.1. The van der Waals surface area contributed by atoms with E-state index in [4.69, 9.17) is 5.11 Å². The average molecular weight is 959 g/mol. The number of carbonyl (C=O) groups is 3. The number of aliphatic hydroxyl groups excluding tert-OH is 1. The molecule has 8 rings (SSSR count). The van der Waals surface area contributed by atoms with Gasteiger partial charge in [0.15, 0.2) is 9.79 Å². The Balaban J connectivity index is 0.000000180. The second-order valence-corrected chi connectivity index (χ2v) is 18.6. The predicted molar refractivity (Wildman–Crippen MR) is 250 cm³/mol. The number of hydrogen-bond acceptors (Lipinski definition) is 13. The van der Waals surface area contributed by atoms with Crippen LogP contribution in [0.15, 0.2) is 149 Å². The molecule has 3 heterocycles. The third-order valence-corrected chi connectivity index (χ3v) is 13.5. The average Bonchev–Trinajstić information content (AvgIpc) is 4.09. The van der Waals surface area contributed by atoms with Gasteiger partial charge >= 0.3 is 0 Å². The van der Waals surface area contributed by atoms with E-state index >= 15 is 0 Å². The van der Waals surface area contributed by atoms with Gasteiger partial charge in [-0.2, -0.15) is 0 Å². The van der Waals surface area contributed by atoms with E-state index in [-0.39, 0.29) is 52.7 Å². The number of benzene rings is 5. The molecular weight excluding hydrogens is 909 g/mol. The van der Waals surface area contributed by atoms with Crippen LogP contribution >= 0.6 is 0 Å². The van der Waals surface area contributed by atoms with Crippen molar-refractivity contribution in [2.45, 2.75) is 66.4 Å². The number of nitrogens with one attached hydrogen (secondary N) is 5. The number of rotatable bonds is 14. The highest BCUT2D eigenvalue weighted by Crippen LogP contribution is 2.31. The second kappa shape index (κ2) is 24.2. The lowest BCUT2D eigenvalue weighted by molar-refractivity contribution is -0.388. The van der Waals surface area contributed by atoms with Gasteiger partial charge in [0, 0.05) is 61.4 Å². The van der Waals surface area contributed by atoms with Crippen LogP contribution in [0.4, 0.5) is 28.4 Å². The Morgan fingerprint density at radius 3 is 1.45 bits per heavy atom. The number of nitrogens with zero attached hydrogens (tertiary/aromatic N) is 3. The highest BCUT2D eigenvalue weighted by Gasteiger charge is 2.35. The van der Waals surface area contributed by atoms with Gasteiger partial charge in [-0.3, -0.25) is 43.6 Å². The molecule has 3 aliphatic heterocycles. The third-order valence-electron chi connectivity index (χ3n) is 10.2. The van der Waals surface area contributed by atoms with Crippen LogP contribution in [0.2, 0.25) is 0 Å². The molecule has 0 bridgehead atoms. The molecule has 3 atom stereocenters. The maximum absolute atomic E-state index is 13.2. The lowest BCUT2D eigenvalue weighted by Gasteiger charge is -2.27. The lowest BCUT2D eigenvalue weighted by Crippen LogP contribution is -2.42. The van der Waals surface area contributed by atoms with Gasteiger partial charge in [-0.25, -0.2) is 16.8 Å². The number of nitro benzene ring substituents is 2. The maximum Gasteiger partial charge on any atom is 0.289 e. The smallest absolute Gasteiger partial charge is 0.289 e. The molecule has 354 valence electrons. The van der Waals surface area contributed by atoms with Crippen molar-refractivity contribution in [3.05, 3.63) is 160 Å². The van der Waals surface area contributed by atoms with E-state index in [0.29, 0.717) is 43.1 Å². The summed E-state index contributed by atoms with van der Waals surface area (Å²) in [5, 5.41) is 42.1. The molecule has 6 N–H and O–H groups in total. The van der Waals surface area contributed by atoms with Crippen molar-refractivity contribution in [2.75, 3.05) is 34.0 Å². The largest absolute Gasteiger partial charge is 0.394 e. The van der Waals surface area contributed by atoms with E-state index in [2.05, 4.69) is 26.0 Å². The summed E-state index contributed by atoms with van der Waals surface area (Å²) in [7, 11) is -8.18. The Labute approximate surface area is 387 Å². The van der Waals surface area contributed by atoms with Gasteiger partial charge in [-0.15, -0.1) is 0 Å². The molecule has 20 nitrogen and oxygen atoms in total. The first kappa shape index (κ1) is 50.6. The molecule has 0 unspecified atom stereocenters. The fraction of sp³-hybridized carbons (Fsp3) is 0.267. The summed E-state index contributed by atoms with van der Waals surface area (Å²) in [6.07, 6.45) is 3.81. The minimum absolute atomic E-state index is 0.00410. The first-order valence-corrected chi connectivity index (χ1v) is 23.9. The highest BCUT2D eigenvalue weighted by atomic mass is 32.2. The third kappa shape index (κ3) is 15.1. The van der Waals surface area contributed by atoms with Crippen LogP contribution in [0, 0.1) is 20.2 Å². The van der Waals surface area contributed by atoms with Gasteiger partial charge < -0.3 is 26.4 Å². The number of nitro groups is 2. The highest BCUT2D eigenvalue weighted by molar-refractivity contribution is 7.93. The fourth-order valence-electron chi connectivity index (χ4n) is 6.89. The molecule has 5 aromatic carbocycles. The van der Waals surface area contributed by atoms with Crippen LogP contribution in [-0.4, -0.2) is 87.3 Å². The van der Waals surface area contributed by atoms with Crippen molar-refractivity contribution in [1.82, 2.24) is 16.0 Å². The van der Waals surface area contributed by atoms with Crippen molar-refractivity contribution < 1.29 is 46.2 Å². The van der Waals surface area contributed by atoms with Crippen molar-refractivity contribution in [1.29, 1.82) is 0 Å². The number of hydrogen-bond donors (Lipinski definition) is 6. The quantitative estimate of drug-likeness (QED) is 0.0625. The molecule has 0 spiro atoms. The second-order valence-electron chi connectivity index (χ2n) is 15.1. The number of amides is 3. The zero-order chi connectivity index (χ0) is 48.4. The van der Waals surface area contributed by atoms with Gasteiger partial charge in [-0.1, -0.05) is 78.9 Å². The van der Waals surface area contributed by atoms with E-state index in [1.807, 2.05) is 30.3 Å². The van der Waals surface area contributed by atoms with E-state index < -0.39 is 41.3 Å². The van der Waals surface area contributed by atoms with Crippen LogP contribution in [0.5, 0.6) is 0 Å². The SMILES string of the molecule is O=C1CC[C@@H](CN(c2ccccc2)S(=O)(=O)c2ccccc2[N+](=O)[O-])N1.O=C1CC[C@@H](CNc2ccccc2)N1.O=C1CC[C@@H](CO)N1.O=[N+]([O-])c1ccccc1S(=O)(=O)Nc1ccccc1. The number of sulfonamides is 2. The Bertz CT molecular complexity index is 2700. The van der Waals surface area contributed by atoms with Crippen molar-refractivity contribution >= 4 is 66.2 Å². The van der Waals surface area contributed by atoms with Crippen LogP contribution in [0.3, 0.4) is 0 Å². The van der Waals surface area contributed by atoms with Crippen molar-refractivity contribution in [3.8, 4) is 0 Å². The molecule has 3 saturated heterocycles. The van der Waals surface area contributed by atoms with Crippen LogP contribution in [0.25, 0.3) is 0 Å². The number of anilines is 3. The lowest BCUT2D eigenvalue weighted by atomic mass is 10.2. The van der Waals surface area contributed by atoms with Crippen LogP contribution in [-0.2, 0) is 34.4 Å². The molecule has 67 heavy (non-hydrogen) atoms. The summed E-state index contributed by atoms with van der Waals surface area (Å²) in [5.74, 6) is 0.0972. The normalized spacial score (nSPS) is 17.3. The Morgan fingerprint density at radius 2 is 0.985 bits per heavy atom. The summed E-state index contributed by atoms with van der Waals surface area (Å²) in [5.41, 5.74) is 0.899. The van der Waals surface area contributed by atoms with E-state index in [9.17, 15) is 51.4 Å². The molecule has 22 heteroatoms. The first-order chi connectivity index (χ1) is 32.1. The van der Waals surface area contributed by atoms with Gasteiger partial charge in [0.25, 0.3) is 31.4 Å². The molecule has 3 amide bonds. The van der Waals surface area contributed by atoms with Gasteiger partial charge in [-0.05, 0) is 67.8 Å². The van der Waals surface area contributed by atoms with E-state index in [0.717, 1.165) is 41.5 Å². The molecular formula is C45H50N8O12S2. The van der Waals surface area contributed by atoms with Crippen LogP contribution in [0.1, 0.15) is 38.5 Å². The Morgan fingerprint density at radius 1 is 0.567 bits per heavy atom. The minimum Gasteiger partial charge on any atom is -0.394 e.